The van der Waals surface area contributed by atoms with Gasteiger partial charge in [-0.05, 0) is 143 Å². The molecule has 3 saturated heterocycles. The predicted molar refractivity (Wildman–Crippen MR) is 275 cm³/mol. The van der Waals surface area contributed by atoms with Crippen molar-refractivity contribution in [3.05, 3.63) is 119 Å². The number of piperidine rings is 3. The molecule has 0 spiro atoms. The topological polar surface area (TPSA) is 166 Å². The Morgan fingerprint density at radius 2 is 0.932 bits per heavy atom. The number of nitrogens with one attached hydrogen (secondary N) is 4. The maximum absolute atomic E-state index is 13.3. The van der Waals surface area contributed by atoms with Gasteiger partial charge in [0.1, 0.15) is 40.6 Å². The van der Waals surface area contributed by atoms with Crippen LogP contribution in [0.4, 0.5) is 44.6 Å². The number of carbonyl (C=O) groups is 6. The highest BCUT2D eigenvalue weighted by Gasteiger charge is 2.42. The van der Waals surface area contributed by atoms with Crippen molar-refractivity contribution in [3.63, 3.8) is 0 Å². The van der Waals surface area contributed by atoms with Crippen molar-refractivity contribution < 1.29 is 46.7 Å². The molecule has 0 radical (unpaired) electrons. The summed E-state index contributed by atoms with van der Waals surface area (Å²) in [5.74, 6) is 1.06. The largest absolute Gasteiger partial charge is 0.417 e. The van der Waals surface area contributed by atoms with E-state index in [0.29, 0.717) is 94.7 Å². The van der Waals surface area contributed by atoms with E-state index in [9.17, 15) is 41.9 Å². The van der Waals surface area contributed by atoms with Crippen LogP contribution in [-0.4, -0.2) is 83.1 Å². The molecule has 4 N–H and O–H groups in total. The van der Waals surface area contributed by atoms with Crippen LogP contribution in [-0.2, 0) is 14.4 Å². The van der Waals surface area contributed by atoms with E-state index in [-0.39, 0.29) is 53.4 Å². The van der Waals surface area contributed by atoms with Gasteiger partial charge >= 0.3 is 18.2 Å². The molecular weight excluding hydrogens is 938 g/mol. The average molecular weight is 1010 g/mol. The van der Waals surface area contributed by atoms with Crippen molar-refractivity contribution >= 4 is 52.6 Å². The van der Waals surface area contributed by atoms with Crippen LogP contribution in [0, 0.1) is 56.0 Å². The van der Waals surface area contributed by atoms with Crippen LogP contribution < -0.4 is 26.0 Å². The molecule has 3 saturated carbocycles. The summed E-state index contributed by atoms with van der Waals surface area (Å²) in [6, 6.07) is 22.3. The Morgan fingerprint density at radius 3 is 1.38 bits per heavy atom. The van der Waals surface area contributed by atoms with Gasteiger partial charge in [0, 0.05) is 91.8 Å². The maximum atomic E-state index is 13.3. The third-order valence-corrected chi connectivity index (χ3v) is 14.9. The third kappa shape index (κ3) is 14.8. The molecule has 6 atom stereocenters. The summed E-state index contributed by atoms with van der Waals surface area (Å²) < 4.78 is 44.7. The van der Waals surface area contributed by atoms with Crippen LogP contribution in [0.5, 0.6) is 5.75 Å². The van der Waals surface area contributed by atoms with Crippen molar-refractivity contribution in [3.8, 4) is 5.75 Å². The smallest absolute Gasteiger partial charge is 0.410 e. The van der Waals surface area contributed by atoms with Gasteiger partial charge in [0.2, 0.25) is 0 Å². The van der Waals surface area contributed by atoms with Crippen molar-refractivity contribution in [1.82, 2.24) is 15.1 Å². The van der Waals surface area contributed by atoms with E-state index in [0.717, 1.165) is 70.8 Å². The monoisotopic (exact) mass is 1010 g/mol. The molecule has 13 nitrogen and oxygen atoms in total. The first-order valence-electron chi connectivity index (χ1n) is 25.9. The van der Waals surface area contributed by atoms with E-state index in [4.69, 9.17) is 4.74 Å². The van der Waals surface area contributed by atoms with Gasteiger partial charge in [0.25, 0.3) is 0 Å². The number of aryl methyl sites for hydroxylation is 3. The second-order valence-corrected chi connectivity index (χ2v) is 20.0. The highest BCUT2D eigenvalue weighted by atomic mass is 19.1. The lowest BCUT2D eigenvalue weighted by Crippen LogP contribution is -2.54. The first kappa shape index (κ1) is 54.2. The summed E-state index contributed by atoms with van der Waals surface area (Å²) in [6.45, 7) is 6.84. The summed E-state index contributed by atoms with van der Waals surface area (Å²) in [7, 11) is 0. The highest BCUT2D eigenvalue weighted by molar-refractivity contribution is 5.93. The number of anilines is 3. The number of likely N-dealkylation sites (tertiary alicyclic amines) is 2. The Kier molecular flexibility index (Phi) is 19.2. The van der Waals surface area contributed by atoms with E-state index >= 15 is 0 Å². The fourth-order valence-corrected chi connectivity index (χ4v) is 11.0. The Hall–Kier alpha value is -6.55. The minimum Gasteiger partial charge on any atom is -0.410 e. The molecule has 2 unspecified atom stereocenters. The molecular formula is C57H69F3N6O7. The summed E-state index contributed by atoms with van der Waals surface area (Å²) in [6.07, 6.45) is 13.8. The van der Waals surface area contributed by atoms with E-state index in [1.165, 1.54) is 43.5 Å². The highest BCUT2D eigenvalue weighted by Crippen LogP contribution is 2.35. The molecule has 4 aromatic rings. The minimum absolute atomic E-state index is 0.00297. The standard InChI is InChI=1S/2C17H21FN2O2.C14H12FNO2.C9H15NO/c2*1-11-10-12(6-7-14(11)18)19-17(22)20-9-8-16(21)13-4-2-3-5-15(13)20;1-10-9-11(7-8-13(10)15)16-14(17)18-12-5-3-2-4-6-12;11-9-5-6-10-8-4-2-1-3-7(8)9/h2*6-7,10,13,15H,2-5,8-9H2,1H3,(H,19,22);2-9H,1H3,(H,16,17);7-8,10H,1-6H2/t13-,15+;13-,15-;;/m00../s1. The summed E-state index contributed by atoms with van der Waals surface area (Å²) in [5.41, 5.74) is 3.15. The lowest BCUT2D eigenvalue weighted by molar-refractivity contribution is -0.129. The lowest BCUT2D eigenvalue weighted by Gasteiger charge is -2.42. The number of amides is 5. The van der Waals surface area contributed by atoms with Gasteiger partial charge in [-0.25, -0.2) is 27.6 Å². The van der Waals surface area contributed by atoms with Gasteiger partial charge < -0.3 is 30.5 Å². The number of halogens is 3. The van der Waals surface area contributed by atoms with Gasteiger partial charge in [-0.15, -0.1) is 0 Å². The summed E-state index contributed by atoms with van der Waals surface area (Å²) >= 11 is 0. The fraction of sp³-hybridized carbons (Fsp3) is 0.474. The molecule has 3 aliphatic heterocycles. The van der Waals surface area contributed by atoms with Gasteiger partial charge in [-0.2, -0.15) is 0 Å². The molecule has 6 fully saturated rings. The van der Waals surface area contributed by atoms with E-state index < -0.39 is 6.09 Å². The maximum Gasteiger partial charge on any atom is 0.417 e. The number of ketones is 3. The lowest BCUT2D eigenvalue weighted by atomic mass is 9.77. The van der Waals surface area contributed by atoms with Crippen molar-refractivity contribution in [2.45, 2.75) is 135 Å². The van der Waals surface area contributed by atoms with Crippen LogP contribution in [0.15, 0.2) is 84.9 Å². The molecule has 0 aromatic heterocycles. The Balaban J connectivity index is 0.000000146. The molecule has 73 heavy (non-hydrogen) atoms. The first-order chi connectivity index (χ1) is 35.1. The van der Waals surface area contributed by atoms with Crippen LogP contribution in [0.2, 0.25) is 0 Å². The van der Waals surface area contributed by atoms with Gasteiger partial charge in [-0.1, -0.05) is 56.7 Å². The van der Waals surface area contributed by atoms with Crippen LogP contribution in [0.3, 0.4) is 0 Å². The zero-order chi connectivity index (χ0) is 52.0. The second-order valence-electron chi connectivity index (χ2n) is 20.0. The number of benzene rings is 4. The third-order valence-electron chi connectivity index (χ3n) is 14.9. The first-order valence-corrected chi connectivity index (χ1v) is 25.9. The van der Waals surface area contributed by atoms with Crippen molar-refractivity contribution in [2.75, 3.05) is 35.6 Å². The van der Waals surface area contributed by atoms with Gasteiger partial charge in [0.15, 0.2) is 0 Å². The zero-order valence-electron chi connectivity index (χ0n) is 42.2. The number of rotatable bonds is 4. The number of carbonyl (C=O) groups excluding carboxylic acids is 6. The van der Waals surface area contributed by atoms with Gasteiger partial charge in [-0.3, -0.25) is 19.7 Å². The number of hydrogen-bond acceptors (Lipinski definition) is 8. The van der Waals surface area contributed by atoms with Crippen molar-refractivity contribution in [1.29, 1.82) is 0 Å². The van der Waals surface area contributed by atoms with E-state index in [1.807, 2.05) is 6.07 Å². The molecule has 4 aromatic carbocycles. The zero-order valence-corrected chi connectivity index (χ0v) is 42.2. The Bertz CT molecular complexity index is 2490. The number of para-hydroxylation sites is 1. The summed E-state index contributed by atoms with van der Waals surface area (Å²) in [4.78, 5) is 75.7. The quantitative estimate of drug-likeness (QED) is 0.157. The molecule has 10 rings (SSSR count). The molecule has 0 bridgehead atoms. The molecule has 16 heteroatoms. The number of nitrogens with zero attached hydrogens (tertiary/aromatic N) is 2. The molecule has 3 heterocycles. The molecule has 3 aliphatic carbocycles. The summed E-state index contributed by atoms with van der Waals surface area (Å²) in [5, 5.41) is 11.6. The number of urea groups is 2. The van der Waals surface area contributed by atoms with Crippen LogP contribution in [0.1, 0.15) is 113 Å². The van der Waals surface area contributed by atoms with Gasteiger partial charge in [0.05, 0.1) is 0 Å². The van der Waals surface area contributed by atoms with E-state index in [2.05, 4.69) is 21.3 Å². The van der Waals surface area contributed by atoms with Crippen LogP contribution in [0.25, 0.3) is 0 Å². The van der Waals surface area contributed by atoms with E-state index in [1.54, 1.807) is 85.2 Å². The normalized spacial score (nSPS) is 23.2. The second kappa shape index (κ2) is 25.9. The average Bonchev–Trinajstić information content (AvgIpc) is 3.39. The number of fused-ring (bicyclic) bond motifs is 3. The SMILES string of the molecule is Cc1cc(NC(=O)N2CCC(=O)[C@H]3CCCC[C@@H]32)ccc1F.Cc1cc(NC(=O)N2CCC(=O)[C@H]3CCCC[C@H]32)ccc1F.Cc1cc(NC(=O)Oc2ccccc2)ccc1F.O=C1CCNC2CCCCC12. The fourth-order valence-electron chi connectivity index (χ4n) is 11.0. The Labute approximate surface area is 426 Å². The number of hydrogen-bond donors (Lipinski definition) is 4. The van der Waals surface area contributed by atoms with Crippen molar-refractivity contribution in [2.24, 2.45) is 17.8 Å². The molecule has 6 aliphatic rings. The predicted octanol–water partition coefficient (Wildman–Crippen LogP) is 11.9. The number of ether oxygens (including phenoxy) is 1. The molecule has 390 valence electrons. The minimum atomic E-state index is -0.604. The number of Topliss-reactive ketones (excluding diaryl/α,β-unsaturated/α-hetero) is 3. The van der Waals surface area contributed by atoms with Crippen LogP contribution >= 0.6 is 0 Å². The molecule has 5 amide bonds. The Morgan fingerprint density at radius 1 is 0.521 bits per heavy atom.